The van der Waals surface area contributed by atoms with E-state index in [-0.39, 0.29) is 6.04 Å². The summed E-state index contributed by atoms with van der Waals surface area (Å²) in [5.41, 5.74) is 1.06. The van der Waals surface area contributed by atoms with E-state index in [1.807, 2.05) is 36.0 Å². The van der Waals surface area contributed by atoms with Gasteiger partial charge in [-0.1, -0.05) is 60.5 Å². The number of hydrogen-bond acceptors (Lipinski definition) is 2. The van der Waals surface area contributed by atoms with Crippen LogP contribution >= 0.6 is 35.0 Å². The maximum Gasteiger partial charge on any atom is 0.0640 e. The van der Waals surface area contributed by atoms with Gasteiger partial charge in [-0.25, -0.2) is 0 Å². The lowest BCUT2D eigenvalue weighted by molar-refractivity contribution is 0.606. The SMILES string of the molecule is CCNC(CSc1ccccc1)c1cccc(Cl)c1Cl. The Labute approximate surface area is 134 Å². The lowest BCUT2D eigenvalue weighted by atomic mass is 10.1. The molecule has 4 heteroatoms. The summed E-state index contributed by atoms with van der Waals surface area (Å²) in [4.78, 5) is 1.26. The zero-order chi connectivity index (χ0) is 14.4. The van der Waals surface area contributed by atoms with Crippen LogP contribution in [-0.4, -0.2) is 12.3 Å². The average molecular weight is 326 g/mol. The molecule has 0 spiro atoms. The molecule has 1 nitrogen and oxygen atoms in total. The fraction of sp³-hybridized carbons (Fsp3) is 0.250. The van der Waals surface area contributed by atoms with Gasteiger partial charge in [-0.3, -0.25) is 0 Å². The molecule has 106 valence electrons. The number of hydrogen-bond donors (Lipinski definition) is 1. The topological polar surface area (TPSA) is 12.0 Å². The summed E-state index contributed by atoms with van der Waals surface area (Å²) in [6.07, 6.45) is 0. The Balaban J connectivity index is 2.12. The van der Waals surface area contributed by atoms with Crippen molar-refractivity contribution in [2.75, 3.05) is 12.3 Å². The van der Waals surface area contributed by atoms with E-state index in [4.69, 9.17) is 23.2 Å². The summed E-state index contributed by atoms with van der Waals surface area (Å²) in [7, 11) is 0. The number of rotatable bonds is 6. The predicted octanol–water partition coefficient (Wildman–Crippen LogP) is 5.44. The molecular weight excluding hydrogens is 309 g/mol. The summed E-state index contributed by atoms with van der Waals surface area (Å²) >= 11 is 14.2. The second-order valence-electron chi connectivity index (χ2n) is 4.38. The molecule has 0 aromatic heterocycles. The van der Waals surface area contributed by atoms with Crippen molar-refractivity contribution in [1.29, 1.82) is 0 Å². The molecule has 2 aromatic carbocycles. The third kappa shape index (κ3) is 4.16. The Morgan fingerprint density at radius 3 is 2.50 bits per heavy atom. The van der Waals surface area contributed by atoms with E-state index < -0.39 is 0 Å². The monoisotopic (exact) mass is 325 g/mol. The molecule has 0 fully saturated rings. The van der Waals surface area contributed by atoms with Gasteiger partial charge in [-0.2, -0.15) is 0 Å². The van der Waals surface area contributed by atoms with E-state index in [0.29, 0.717) is 10.0 Å². The van der Waals surface area contributed by atoms with Crippen LogP contribution in [0.15, 0.2) is 53.4 Å². The number of benzene rings is 2. The minimum Gasteiger partial charge on any atom is -0.309 e. The van der Waals surface area contributed by atoms with Crippen LogP contribution in [0.5, 0.6) is 0 Å². The molecule has 0 saturated heterocycles. The summed E-state index contributed by atoms with van der Waals surface area (Å²) in [5, 5.41) is 4.73. The zero-order valence-electron chi connectivity index (χ0n) is 11.3. The van der Waals surface area contributed by atoms with Crippen molar-refractivity contribution in [2.24, 2.45) is 0 Å². The zero-order valence-corrected chi connectivity index (χ0v) is 13.6. The Morgan fingerprint density at radius 2 is 1.80 bits per heavy atom. The number of nitrogens with one attached hydrogen (secondary N) is 1. The lowest BCUT2D eigenvalue weighted by Crippen LogP contribution is -2.23. The van der Waals surface area contributed by atoms with Gasteiger partial charge in [0, 0.05) is 16.7 Å². The fourth-order valence-electron chi connectivity index (χ4n) is 1.99. The second kappa shape index (κ2) is 7.94. The molecule has 2 aromatic rings. The van der Waals surface area contributed by atoms with Crippen LogP contribution in [0.1, 0.15) is 18.5 Å². The molecular formula is C16H17Cl2NS. The molecule has 0 aliphatic heterocycles. The molecule has 1 unspecified atom stereocenters. The van der Waals surface area contributed by atoms with Gasteiger partial charge >= 0.3 is 0 Å². The van der Waals surface area contributed by atoms with Gasteiger partial charge in [0.1, 0.15) is 0 Å². The molecule has 0 aliphatic carbocycles. The van der Waals surface area contributed by atoms with Crippen molar-refractivity contribution in [3.8, 4) is 0 Å². The molecule has 2 rings (SSSR count). The highest BCUT2D eigenvalue weighted by atomic mass is 35.5. The summed E-state index contributed by atoms with van der Waals surface area (Å²) in [5.74, 6) is 0.915. The van der Waals surface area contributed by atoms with Crippen LogP contribution < -0.4 is 5.32 Å². The Hall–Kier alpha value is -0.670. The smallest absolute Gasteiger partial charge is 0.0640 e. The van der Waals surface area contributed by atoms with Crippen molar-refractivity contribution in [1.82, 2.24) is 5.32 Å². The first-order valence-electron chi connectivity index (χ1n) is 6.57. The van der Waals surface area contributed by atoms with Crippen LogP contribution in [0.4, 0.5) is 0 Å². The van der Waals surface area contributed by atoms with E-state index in [1.54, 1.807) is 0 Å². The Kier molecular flexibility index (Phi) is 6.24. The highest BCUT2D eigenvalue weighted by molar-refractivity contribution is 7.99. The van der Waals surface area contributed by atoms with Crippen LogP contribution in [0, 0.1) is 0 Å². The first-order chi connectivity index (χ1) is 9.72. The molecule has 0 bridgehead atoms. The molecule has 0 aliphatic rings. The quantitative estimate of drug-likeness (QED) is 0.710. The maximum absolute atomic E-state index is 6.32. The van der Waals surface area contributed by atoms with Gasteiger partial charge in [0.25, 0.3) is 0 Å². The molecule has 1 atom stereocenters. The lowest BCUT2D eigenvalue weighted by Gasteiger charge is -2.19. The van der Waals surface area contributed by atoms with Crippen molar-refractivity contribution in [3.63, 3.8) is 0 Å². The van der Waals surface area contributed by atoms with Crippen molar-refractivity contribution in [3.05, 3.63) is 64.1 Å². The van der Waals surface area contributed by atoms with Gasteiger partial charge in [0.05, 0.1) is 10.0 Å². The summed E-state index contributed by atoms with van der Waals surface area (Å²) in [6, 6.07) is 16.4. The van der Waals surface area contributed by atoms with Crippen LogP contribution in [0.2, 0.25) is 10.0 Å². The van der Waals surface area contributed by atoms with Crippen molar-refractivity contribution in [2.45, 2.75) is 17.9 Å². The van der Waals surface area contributed by atoms with E-state index in [0.717, 1.165) is 17.9 Å². The van der Waals surface area contributed by atoms with Crippen molar-refractivity contribution >= 4 is 35.0 Å². The Bertz CT molecular complexity index is 545. The highest BCUT2D eigenvalue weighted by Gasteiger charge is 2.15. The molecule has 1 N–H and O–H groups in total. The summed E-state index contributed by atoms with van der Waals surface area (Å²) in [6.45, 7) is 2.99. The van der Waals surface area contributed by atoms with Crippen molar-refractivity contribution < 1.29 is 0 Å². The van der Waals surface area contributed by atoms with Crippen LogP contribution in [0.25, 0.3) is 0 Å². The normalized spacial score (nSPS) is 12.3. The third-order valence-electron chi connectivity index (χ3n) is 2.97. The number of thioether (sulfide) groups is 1. The molecule has 20 heavy (non-hydrogen) atoms. The predicted molar refractivity (Wildman–Crippen MR) is 90.0 cm³/mol. The largest absolute Gasteiger partial charge is 0.309 e. The minimum atomic E-state index is 0.191. The molecule has 0 heterocycles. The second-order valence-corrected chi connectivity index (χ2v) is 6.26. The standard InChI is InChI=1S/C16H17Cl2NS/c1-2-19-15(11-20-12-7-4-3-5-8-12)13-9-6-10-14(17)16(13)18/h3-10,15,19H,2,11H2,1H3. The van der Waals surface area contributed by atoms with Gasteiger partial charge < -0.3 is 5.32 Å². The highest BCUT2D eigenvalue weighted by Crippen LogP contribution is 2.32. The van der Waals surface area contributed by atoms with Crippen LogP contribution in [-0.2, 0) is 0 Å². The average Bonchev–Trinajstić information content (AvgIpc) is 2.48. The molecule has 0 saturated carbocycles. The molecule has 0 radical (unpaired) electrons. The van der Waals surface area contributed by atoms with E-state index >= 15 is 0 Å². The van der Waals surface area contributed by atoms with Gasteiger partial charge in [-0.05, 0) is 30.3 Å². The van der Waals surface area contributed by atoms with E-state index in [2.05, 4.69) is 36.5 Å². The summed E-state index contributed by atoms with van der Waals surface area (Å²) < 4.78 is 0. The first kappa shape index (κ1) is 15.7. The molecule has 0 amide bonds. The minimum absolute atomic E-state index is 0.191. The fourth-order valence-corrected chi connectivity index (χ4v) is 3.44. The van der Waals surface area contributed by atoms with Crippen LogP contribution in [0.3, 0.4) is 0 Å². The van der Waals surface area contributed by atoms with Gasteiger partial charge in [-0.15, -0.1) is 11.8 Å². The first-order valence-corrected chi connectivity index (χ1v) is 8.31. The maximum atomic E-state index is 6.32. The van der Waals surface area contributed by atoms with E-state index in [9.17, 15) is 0 Å². The van der Waals surface area contributed by atoms with Gasteiger partial charge in [0.2, 0.25) is 0 Å². The van der Waals surface area contributed by atoms with E-state index in [1.165, 1.54) is 4.90 Å². The third-order valence-corrected chi connectivity index (χ3v) is 4.91. The van der Waals surface area contributed by atoms with Gasteiger partial charge in [0.15, 0.2) is 0 Å². The Morgan fingerprint density at radius 1 is 1.05 bits per heavy atom. The number of halogens is 2.